The largest absolute Gasteiger partial charge is 0.336 e. The monoisotopic (exact) mass is 561 g/mol. The maximum atomic E-state index is 13.1. The molecule has 0 unspecified atom stereocenters. The summed E-state index contributed by atoms with van der Waals surface area (Å²) in [6.45, 7) is 2.86. The van der Waals surface area contributed by atoms with Crippen molar-refractivity contribution in [2.45, 2.75) is 18.4 Å². The molecule has 0 aromatic heterocycles. The van der Waals surface area contributed by atoms with Gasteiger partial charge in [-0.3, -0.25) is 9.10 Å². The van der Waals surface area contributed by atoms with Gasteiger partial charge in [-0.2, -0.15) is 4.31 Å². The Morgan fingerprint density at radius 1 is 0.865 bits per heavy atom. The summed E-state index contributed by atoms with van der Waals surface area (Å²) >= 11 is 6.23. The van der Waals surface area contributed by atoms with Crippen LogP contribution in [0.3, 0.4) is 0 Å². The third-order valence-electron chi connectivity index (χ3n) is 6.26. The fraction of sp³-hybridized carbons (Fsp3) is 0.269. The van der Waals surface area contributed by atoms with Gasteiger partial charge >= 0.3 is 0 Å². The molecule has 0 saturated carbocycles. The molecule has 1 amide bonds. The van der Waals surface area contributed by atoms with E-state index in [9.17, 15) is 21.6 Å². The van der Waals surface area contributed by atoms with E-state index in [4.69, 9.17) is 11.6 Å². The van der Waals surface area contributed by atoms with Crippen LogP contribution in [0.25, 0.3) is 0 Å². The van der Waals surface area contributed by atoms with E-state index < -0.39 is 20.0 Å². The van der Waals surface area contributed by atoms with Gasteiger partial charge in [-0.15, -0.1) is 0 Å². The molecule has 0 atom stereocenters. The van der Waals surface area contributed by atoms with E-state index >= 15 is 0 Å². The first-order valence-corrected chi connectivity index (χ1v) is 15.3. The Hall–Kier alpha value is -2.92. The van der Waals surface area contributed by atoms with Crippen molar-refractivity contribution in [2.24, 2.45) is 0 Å². The molecule has 0 bridgehead atoms. The molecule has 0 radical (unpaired) electrons. The summed E-state index contributed by atoms with van der Waals surface area (Å²) in [6.07, 6.45) is 1.12. The fourth-order valence-corrected chi connectivity index (χ4v) is 6.62. The molecular formula is C26H28ClN3O5S2. The predicted molar refractivity (Wildman–Crippen MR) is 145 cm³/mol. The Bertz CT molecular complexity index is 1480. The molecule has 8 nitrogen and oxygen atoms in total. The summed E-state index contributed by atoms with van der Waals surface area (Å²) in [7, 11) is -7.24. The van der Waals surface area contributed by atoms with Crippen molar-refractivity contribution in [1.29, 1.82) is 0 Å². The third-order valence-corrected chi connectivity index (χ3v) is 9.68. The van der Waals surface area contributed by atoms with Gasteiger partial charge in [0.05, 0.1) is 23.4 Å². The number of anilines is 1. The van der Waals surface area contributed by atoms with E-state index in [-0.39, 0.29) is 43.5 Å². The number of carbonyl (C=O) groups excluding carboxylic acids is 1. The summed E-state index contributed by atoms with van der Waals surface area (Å²) in [5.41, 5.74) is 2.44. The fourth-order valence-electron chi connectivity index (χ4n) is 4.13. The summed E-state index contributed by atoms with van der Waals surface area (Å²) in [5.74, 6) is -0.240. The zero-order valence-corrected chi connectivity index (χ0v) is 22.9. The molecule has 1 aliphatic rings. The first kappa shape index (κ1) is 27.1. The van der Waals surface area contributed by atoms with Gasteiger partial charge in [0, 0.05) is 36.8 Å². The minimum Gasteiger partial charge on any atom is -0.336 e. The smallest absolute Gasteiger partial charge is 0.253 e. The summed E-state index contributed by atoms with van der Waals surface area (Å²) < 4.78 is 53.5. The lowest BCUT2D eigenvalue weighted by atomic mass is 10.1. The number of amides is 1. The number of benzene rings is 3. The average Bonchev–Trinajstić information content (AvgIpc) is 2.87. The topological polar surface area (TPSA) is 95.1 Å². The Balaban J connectivity index is 1.44. The molecule has 4 rings (SSSR count). The quantitative estimate of drug-likeness (QED) is 0.438. The molecule has 1 heterocycles. The van der Waals surface area contributed by atoms with Crippen molar-refractivity contribution in [2.75, 3.05) is 36.7 Å². The van der Waals surface area contributed by atoms with Crippen LogP contribution in [0.2, 0.25) is 5.02 Å². The molecular weight excluding hydrogens is 534 g/mol. The Kier molecular flexibility index (Phi) is 7.94. The van der Waals surface area contributed by atoms with E-state index in [1.807, 2.05) is 6.92 Å². The lowest BCUT2D eigenvalue weighted by Crippen LogP contribution is -2.50. The normalized spacial score (nSPS) is 14.9. The van der Waals surface area contributed by atoms with Crippen molar-refractivity contribution >= 4 is 43.2 Å². The first-order chi connectivity index (χ1) is 17.5. The van der Waals surface area contributed by atoms with Crippen LogP contribution in [0, 0.1) is 6.92 Å². The van der Waals surface area contributed by atoms with Gasteiger partial charge in [-0.1, -0.05) is 47.5 Å². The van der Waals surface area contributed by atoms with E-state index in [0.717, 1.165) is 11.8 Å². The average molecular weight is 562 g/mol. The van der Waals surface area contributed by atoms with Gasteiger partial charge in [-0.05, 0) is 55.0 Å². The second-order valence-electron chi connectivity index (χ2n) is 8.92. The number of aryl methyl sites for hydroxylation is 1. The van der Waals surface area contributed by atoms with Crippen molar-refractivity contribution in [3.05, 3.63) is 94.5 Å². The number of halogens is 1. The number of piperazine rings is 1. The zero-order valence-electron chi connectivity index (χ0n) is 20.5. The second-order valence-corrected chi connectivity index (χ2v) is 13.2. The highest BCUT2D eigenvalue weighted by Crippen LogP contribution is 2.25. The van der Waals surface area contributed by atoms with Crippen LogP contribution >= 0.6 is 11.6 Å². The molecule has 1 aliphatic heterocycles. The van der Waals surface area contributed by atoms with E-state index in [2.05, 4.69) is 0 Å². The number of rotatable bonds is 7. The Morgan fingerprint density at radius 2 is 1.46 bits per heavy atom. The van der Waals surface area contributed by atoms with Crippen LogP contribution in [0.15, 0.2) is 77.7 Å². The predicted octanol–water partition coefficient (Wildman–Crippen LogP) is 3.76. The highest BCUT2D eigenvalue weighted by Gasteiger charge is 2.30. The standard InChI is InChI=1S/C26H28ClN3O5S2/c1-20-7-13-24(14-8-20)37(34,35)29-17-15-28(16-18-29)26(31)21-9-11-23(12-10-21)30(36(2,32)33)19-22-5-3-4-6-25(22)27/h3-14H,15-19H2,1-2H3. The number of carbonyl (C=O) groups is 1. The molecule has 1 fully saturated rings. The van der Waals surface area contributed by atoms with Crippen molar-refractivity contribution in [1.82, 2.24) is 9.21 Å². The minimum absolute atomic E-state index is 0.0587. The SMILES string of the molecule is Cc1ccc(S(=O)(=O)N2CCN(C(=O)c3ccc(N(Cc4ccccc4Cl)S(C)(=O)=O)cc3)CC2)cc1. The van der Waals surface area contributed by atoms with Crippen LogP contribution < -0.4 is 4.31 Å². The Morgan fingerprint density at radius 3 is 2.03 bits per heavy atom. The molecule has 3 aromatic rings. The Labute approximate surface area is 223 Å². The van der Waals surface area contributed by atoms with Gasteiger partial charge in [0.25, 0.3) is 5.91 Å². The third kappa shape index (κ3) is 6.15. The maximum Gasteiger partial charge on any atom is 0.253 e. The lowest BCUT2D eigenvalue weighted by Gasteiger charge is -2.34. The lowest BCUT2D eigenvalue weighted by molar-refractivity contribution is 0.0698. The van der Waals surface area contributed by atoms with Crippen LogP contribution in [-0.2, 0) is 26.6 Å². The molecule has 0 spiro atoms. The van der Waals surface area contributed by atoms with Crippen LogP contribution in [0.5, 0.6) is 0 Å². The van der Waals surface area contributed by atoms with Crippen LogP contribution in [0.1, 0.15) is 21.5 Å². The number of hydrogen-bond donors (Lipinski definition) is 0. The van der Waals surface area contributed by atoms with Crippen LogP contribution in [0.4, 0.5) is 5.69 Å². The molecule has 11 heteroatoms. The van der Waals surface area contributed by atoms with Crippen molar-refractivity contribution in [3.63, 3.8) is 0 Å². The van der Waals surface area contributed by atoms with Gasteiger partial charge in [-0.25, -0.2) is 16.8 Å². The van der Waals surface area contributed by atoms with Crippen LogP contribution in [-0.4, -0.2) is 64.4 Å². The minimum atomic E-state index is -3.63. The van der Waals surface area contributed by atoms with E-state index in [1.165, 1.54) is 8.61 Å². The number of nitrogens with zero attached hydrogens (tertiary/aromatic N) is 3. The highest BCUT2D eigenvalue weighted by molar-refractivity contribution is 7.92. The van der Waals surface area contributed by atoms with Gasteiger partial charge < -0.3 is 4.90 Å². The second kappa shape index (κ2) is 10.8. The zero-order chi connectivity index (χ0) is 26.8. The first-order valence-electron chi connectivity index (χ1n) is 11.6. The van der Waals surface area contributed by atoms with Gasteiger partial charge in [0.15, 0.2) is 0 Å². The molecule has 3 aromatic carbocycles. The molecule has 196 valence electrons. The summed E-state index contributed by atoms with van der Waals surface area (Å²) in [4.78, 5) is 14.9. The van der Waals surface area contributed by atoms with Crippen molar-refractivity contribution in [3.8, 4) is 0 Å². The maximum absolute atomic E-state index is 13.1. The molecule has 0 aliphatic carbocycles. The van der Waals surface area contributed by atoms with Gasteiger partial charge in [0.1, 0.15) is 0 Å². The number of sulfonamides is 2. The molecule has 1 saturated heterocycles. The van der Waals surface area contributed by atoms with E-state index in [1.54, 1.807) is 77.7 Å². The van der Waals surface area contributed by atoms with E-state index in [0.29, 0.717) is 21.8 Å². The number of hydrogen-bond acceptors (Lipinski definition) is 5. The van der Waals surface area contributed by atoms with Gasteiger partial charge in [0.2, 0.25) is 20.0 Å². The highest BCUT2D eigenvalue weighted by atomic mass is 35.5. The summed E-state index contributed by atoms with van der Waals surface area (Å²) in [5, 5.41) is 0.464. The molecule has 37 heavy (non-hydrogen) atoms. The summed E-state index contributed by atoms with van der Waals surface area (Å²) in [6, 6.07) is 20.1. The van der Waals surface area contributed by atoms with Crippen molar-refractivity contribution < 1.29 is 21.6 Å². The molecule has 0 N–H and O–H groups in total.